The summed E-state index contributed by atoms with van der Waals surface area (Å²) in [5, 5.41) is 1.04. The van der Waals surface area contributed by atoms with E-state index in [0.29, 0.717) is 40.4 Å². The fourth-order valence-corrected chi connectivity index (χ4v) is 3.97. The van der Waals surface area contributed by atoms with E-state index in [0.717, 1.165) is 4.47 Å². The smallest absolute Gasteiger partial charge is 0.261 e. The van der Waals surface area contributed by atoms with Crippen molar-refractivity contribution in [1.29, 1.82) is 0 Å². The minimum absolute atomic E-state index is 0.0909. The molecule has 0 aliphatic carbocycles. The minimum Gasteiger partial charge on any atom is -0.328 e. The summed E-state index contributed by atoms with van der Waals surface area (Å²) in [6.07, 6.45) is 0. The van der Waals surface area contributed by atoms with Crippen LogP contribution in [-0.4, -0.2) is 26.9 Å². The maximum atomic E-state index is 13.4. The van der Waals surface area contributed by atoms with Crippen LogP contribution in [0.4, 0.5) is 0 Å². The molecule has 1 atom stereocenters. The van der Waals surface area contributed by atoms with Crippen molar-refractivity contribution in [3.63, 3.8) is 0 Å². The highest BCUT2D eigenvalue weighted by Gasteiger charge is 2.27. The highest BCUT2D eigenvalue weighted by molar-refractivity contribution is 9.10. The van der Waals surface area contributed by atoms with Gasteiger partial charge >= 0.3 is 0 Å². The van der Waals surface area contributed by atoms with Crippen LogP contribution in [0.25, 0.3) is 10.9 Å². The lowest BCUT2D eigenvalue weighted by molar-refractivity contribution is 0.0653. The number of carbonyl (C=O) groups is 1. The molecule has 0 saturated carbocycles. The quantitative estimate of drug-likeness (QED) is 0.446. The lowest BCUT2D eigenvalue weighted by Gasteiger charge is -2.32. The second-order valence-electron chi connectivity index (χ2n) is 7.72. The number of hydrogen-bond acceptors (Lipinski definition) is 3. The van der Waals surface area contributed by atoms with Crippen molar-refractivity contribution >= 4 is 44.3 Å². The molecule has 0 N–H and O–H groups in total. The molecule has 0 fully saturated rings. The van der Waals surface area contributed by atoms with Crippen LogP contribution < -0.4 is 5.56 Å². The fourth-order valence-electron chi connectivity index (χ4n) is 3.54. The summed E-state index contributed by atoms with van der Waals surface area (Å²) in [4.78, 5) is 33.0. The standard InChI is InChI=1S/C23H25BrClN3O2/c1-5-27-21(26-20-12-18(25)10-11-19(20)23(27)30)15(4)28(13-14(2)3)22(29)16-6-8-17(24)9-7-16/h6-12,14-15H,5,13H2,1-4H3. The molecule has 2 aromatic carbocycles. The monoisotopic (exact) mass is 489 g/mol. The summed E-state index contributed by atoms with van der Waals surface area (Å²) in [5.74, 6) is 0.721. The van der Waals surface area contributed by atoms with E-state index < -0.39 is 0 Å². The number of benzene rings is 2. The summed E-state index contributed by atoms with van der Waals surface area (Å²) in [6, 6.07) is 12.0. The molecule has 0 bridgehead atoms. The van der Waals surface area contributed by atoms with Crippen LogP contribution in [0.3, 0.4) is 0 Å². The van der Waals surface area contributed by atoms with Crippen LogP contribution >= 0.6 is 27.5 Å². The third-order valence-corrected chi connectivity index (χ3v) is 5.78. The van der Waals surface area contributed by atoms with Crippen molar-refractivity contribution < 1.29 is 4.79 Å². The molecule has 0 aliphatic rings. The Bertz CT molecular complexity index is 1130. The molecule has 30 heavy (non-hydrogen) atoms. The highest BCUT2D eigenvalue weighted by Crippen LogP contribution is 2.25. The van der Waals surface area contributed by atoms with Gasteiger partial charge in [-0.15, -0.1) is 0 Å². The maximum absolute atomic E-state index is 13.4. The number of rotatable bonds is 6. The van der Waals surface area contributed by atoms with E-state index in [2.05, 4.69) is 29.8 Å². The van der Waals surface area contributed by atoms with E-state index in [1.807, 2.05) is 26.0 Å². The van der Waals surface area contributed by atoms with Gasteiger partial charge in [0, 0.05) is 28.1 Å². The van der Waals surface area contributed by atoms with Crippen molar-refractivity contribution in [2.75, 3.05) is 6.54 Å². The Morgan fingerprint density at radius 2 is 1.83 bits per heavy atom. The number of halogens is 2. The normalized spacial score (nSPS) is 12.4. The fraction of sp³-hybridized carbons (Fsp3) is 0.348. The topological polar surface area (TPSA) is 55.2 Å². The lowest BCUT2D eigenvalue weighted by Crippen LogP contribution is -2.39. The van der Waals surface area contributed by atoms with Crippen molar-refractivity contribution in [1.82, 2.24) is 14.5 Å². The number of carbonyl (C=O) groups excluding carboxylic acids is 1. The van der Waals surface area contributed by atoms with Crippen LogP contribution in [0.15, 0.2) is 51.7 Å². The van der Waals surface area contributed by atoms with Crippen LogP contribution in [0.5, 0.6) is 0 Å². The van der Waals surface area contributed by atoms with Gasteiger partial charge in [-0.1, -0.05) is 41.4 Å². The molecular formula is C23H25BrClN3O2. The van der Waals surface area contributed by atoms with Gasteiger partial charge in [0.1, 0.15) is 5.82 Å². The average molecular weight is 491 g/mol. The summed E-state index contributed by atoms with van der Waals surface area (Å²) in [7, 11) is 0. The van der Waals surface area contributed by atoms with E-state index in [-0.39, 0.29) is 23.4 Å². The molecule has 0 saturated heterocycles. The number of aromatic nitrogens is 2. The maximum Gasteiger partial charge on any atom is 0.261 e. The Balaban J connectivity index is 2.13. The van der Waals surface area contributed by atoms with Gasteiger partial charge in [-0.2, -0.15) is 0 Å². The summed E-state index contributed by atoms with van der Waals surface area (Å²) < 4.78 is 2.55. The first-order valence-electron chi connectivity index (χ1n) is 9.99. The summed E-state index contributed by atoms with van der Waals surface area (Å²) in [6.45, 7) is 8.97. The number of fused-ring (bicyclic) bond motifs is 1. The zero-order chi connectivity index (χ0) is 22.0. The molecule has 1 amide bonds. The molecule has 1 aromatic heterocycles. The molecule has 5 nitrogen and oxygen atoms in total. The number of hydrogen-bond donors (Lipinski definition) is 0. The van der Waals surface area contributed by atoms with Crippen molar-refractivity contribution in [2.45, 2.75) is 40.3 Å². The molecule has 0 spiro atoms. The Morgan fingerprint density at radius 1 is 1.17 bits per heavy atom. The van der Waals surface area contributed by atoms with Gasteiger partial charge in [-0.25, -0.2) is 4.98 Å². The van der Waals surface area contributed by atoms with Crippen molar-refractivity contribution in [2.24, 2.45) is 5.92 Å². The number of amides is 1. The van der Waals surface area contributed by atoms with Gasteiger partial charge in [0.2, 0.25) is 0 Å². The van der Waals surface area contributed by atoms with Crippen molar-refractivity contribution in [3.05, 3.63) is 73.7 Å². The average Bonchev–Trinajstić information content (AvgIpc) is 2.71. The predicted octanol–water partition coefficient (Wildman–Crippen LogP) is 5.69. The zero-order valence-corrected chi connectivity index (χ0v) is 19.9. The number of nitrogens with zero attached hydrogens (tertiary/aromatic N) is 3. The van der Waals surface area contributed by atoms with Gasteiger partial charge in [0.25, 0.3) is 11.5 Å². The largest absolute Gasteiger partial charge is 0.328 e. The Kier molecular flexibility index (Phi) is 6.98. The Morgan fingerprint density at radius 3 is 2.43 bits per heavy atom. The second-order valence-corrected chi connectivity index (χ2v) is 9.07. The SMILES string of the molecule is CCn1c(C(C)N(CC(C)C)C(=O)c2ccc(Br)cc2)nc2cc(Cl)ccc2c1=O. The third kappa shape index (κ3) is 4.60. The summed E-state index contributed by atoms with van der Waals surface area (Å²) >= 11 is 9.54. The molecule has 0 aliphatic heterocycles. The molecule has 158 valence electrons. The van der Waals surface area contributed by atoms with E-state index in [1.165, 1.54) is 0 Å². The molecule has 1 heterocycles. The van der Waals surface area contributed by atoms with Crippen LogP contribution in [0.1, 0.15) is 49.9 Å². The van der Waals surface area contributed by atoms with Gasteiger partial charge in [-0.3, -0.25) is 14.2 Å². The zero-order valence-electron chi connectivity index (χ0n) is 17.5. The van der Waals surface area contributed by atoms with E-state index in [9.17, 15) is 9.59 Å². The van der Waals surface area contributed by atoms with Gasteiger partial charge < -0.3 is 4.90 Å². The van der Waals surface area contributed by atoms with Gasteiger partial charge in [-0.05, 0) is 62.2 Å². The first-order valence-corrected chi connectivity index (χ1v) is 11.2. The third-order valence-electron chi connectivity index (χ3n) is 5.02. The minimum atomic E-state index is -0.389. The van der Waals surface area contributed by atoms with Gasteiger partial charge in [0.05, 0.1) is 16.9 Å². The molecule has 3 aromatic rings. The van der Waals surface area contributed by atoms with Crippen LogP contribution in [-0.2, 0) is 6.54 Å². The van der Waals surface area contributed by atoms with Crippen LogP contribution in [0.2, 0.25) is 5.02 Å². The predicted molar refractivity (Wildman–Crippen MR) is 125 cm³/mol. The Hall–Kier alpha value is -2.18. The highest BCUT2D eigenvalue weighted by atomic mass is 79.9. The van der Waals surface area contributed by atoms with Crippen LogP contribution in [0, 0.1) is 5.92 Å². The molecular weight excluding hydrogens is 466 g/mol. The van der Waals surface area contributed by atoms with E-state index >= 15 is 0 Å². The molecule has 0 radical (unpaired) electrons. The lowest BCUT2D eigenvalue weighted by atomic mass is 10.1. The van der Waals surface area contributed by atoms with E-state index in [4.69, 9.17) is 16.6 Å². The van der Waals surface area contributed by atoms with Crippen molar-refractivity contribution in [3.8, 4) is 0 Å². The first kappa shape index (κ1) is 22.5. The van der Waals surface area contributed by atoms with E-state index in [1.54, 1.807) is 39.8 Å². The molecule has 3 rings (SSSR count). The summed E-state index contributed by atoms with van der Waals surface area (Å²) in [5.41, 5.74) is 1.01. The second kappa shape index (κ2) is 9.31. The van der Waals surface area contributed by atoms with Gasteiger partial charge in [0.15, 0.2) is 0 Å². The molecule has 1 unspecified atom stereocenters. The Labute approximate surface area is 189 Å². The molecule has 7 heteroatoms. The first-order chi connectivity index (χ1) is 14.2.